The van der Waals surface area contributed by atoms with Crippen molar-refractivity contribution in [1.82, 2.24) is 0 Å². The minimum Gasteiger partial charge on any atom is -0.435 e. The fraction of sp³-hybridized carbons (Fsp3) is 0.727. The first-order chi connectivity index (χ1) is 6.18. The van der Waals surface area contributed by atoms with Crippen LogP contribution in [0.25, 0.3) is 0 Å². The number of hydrogen-bond donors (Lipinski definition) is 0. The van der Waals surface area contributed by atoms with Gasteiger partial charge in [0.15, 0.2) is 0 Å². The van der Waals surface area contributed by atoms with Gasteiger partial charge in [-0.2, -0.15) is 0 Å². The lowest BCUT2D eigenvalue weighted by Gasteiger charge is -2.00. The highest BCUT2D eigenvalue weighted by molar-refractivity contribution is 5.72. The van der Waals surface area contributed by atoms with Crippen LogP contribution in [0.4, 0.5) is 0 Å². The van der Waals surface area contributed by atoms with Crippen LogP contribution in [0, 0.1) is 5.92 Å². The molecule has 0 aromatic rings. The predicted octanol–water partition coefficient (Wildman–Crippen LogP) is 3.28. The Kier molecular flexibility index (Phi) is 7.36. The molecule has 0 amide bonds. The zero-order valence-electron chi connectivity index (χ0n) is 8.88. The van der Waals surface area contributed by atoms with Crippen LogP contribution in [0.15, 0.2) is 12.3 Å². The summed E-state index contributed by atoms with van der Waals surface area (Å²) in [4.78, 5) is 11.0. The van der Waals surface area contributed by atoms with E-state index in [2.05, 4.69) is 6.92 Å². The molecule has 0 heterocycles. The molecule has 0 fully saturated rings. The van der Waals surface area contributed by atoms with Gasteiger partial charge in [0.25, 0.3) is 0 Å². The zero-order valence-corrected chi connectivity index (χ0v) is 8.88. The average molecular weight is 184 g/mol. The molecule has 0 N–H and O–H groups in total. The Labute approximate surface area is 81.0 Å². The summed E-state index contributed by atoms with van der Waals surface area (Å²) in [5, 5.41) is 0. The van der Waals surface area contributed by atoms with Gasteiger partial charge in [-0.05, 0) is 18.9 Å². The first-order valence-electron chi connectivity index (χ1n) is 5.04. The summed E-state index contributed by atoms with van der Waals surface area (Å²) < 4.78 is 4.86. The Morgan fingerprint density at radius 3 is 2.62 bits per heavy atom. The van der Waals surface area contributed by atoms with E-state index in [1.54, 1.807) is 0 Å². The second-order valence-electron chi connectivity index (χ2n) is 3.46. The average Bonchev–Trinajstić information content (AvgIpc) is 2.10. The van der Waals surface area contributed by atoms with E-state index in [4.69, 9.17) is 4.74 Å². The lowest BCUT2D eigenvalue weighted by Crippen LogP contribution is -2.07. The number of allylic oxidation sites excluding steroid dienone is 1. The number of carbonyl (C=O) groups is 1. The summed E-state index contributed by atoms with van der Waals surface area (Å²) in [7, 11) is 0. The summed E-state index contributed by atoms with van der Waals surface area (Å²) in [6, 6.07) is 0. The van der Waals surface area contributed by atoms with Crippen molar-refractivity contribution in [2.24, 2.45) is 5.92 Å². The molecule has 0 unspecified atom stereocenters. The van der Waals surface area contributed by atoms with Gasteiger partial charge in [-0.15, -0.1) is 0 Å². The fourth-order valence-electron chi connectivity index (χ4n) is 0.831. The molecule has 2 heteroatoms. The third-order valence-electron chi connectivity index (χ3n) is 1.73. The maximum Gasteiger partial charge on any atom is 0.313 e. The number of hydrogen-bond acceptors (Lipinski definition) is 2. The topological polar surface area (TPSA) is 26.3 Å². The van der Waals surface area contributed by atoms with Gasteiger partial charge in [0, 0.05) is 0 Å². The number of ether oxygens (including phenoxy) is 1. The Morgan fingerprint density at radius 1 is 1.38 bits per heavy atom. The predicted molar refractivity (Wildman–Crippen MR) is 54.2 cm³/mol. The van der Waals surface area contributed by atoms with Crippen molar-refractivity contribution in [3.63, 3.8) is 0 Å². The van der Waals surface area contributed by atoms with Crippen molar-refractivity contribution in [3.8, 4) is 0 Å². The van der Waals surface area contributed by atoms with Crippen LogP contribution in [0.5, 0.6) is 0 Å². The molecule has 0 aromatic carbocycles. The normalized spacial score (nSPS) is 11.1. The minimum atomic E-state index is -0.160. The highest BCUT2D eigenvalue weighted by atomic mass is 16.5. The molecule has 76 valence electrons. The van der Waals surface area contributed by atoms with E-state index in [0.29, 0.717) is 0 Å². The van der Waals surface area contributed by atoms with E-state index in [1.165, 1.54) is 25.5 Å². The molecule has 0 aliphatic heterocycles. The van der Waals surface area contributed by atoms with Crippen molar-refractivity contribution >= 4 is 5.97 Å². The van der Waals surface area contributed by atoms with Gasteiger partial charge in [-0.25, -0.2) is 0 Å². The molecule has 0 spiro atoms. The van der Waals surface area contributed by atoms with Gasteiger partial charge in [0.2, 0.25) is 0 Å². The van der Waals surface area contributed by atoms with Gasteiger partial charge >= 0.3 is 5.97 Å². The molecule has 0 aliphatic carbocycles. The highest BCUT2D eigenvalue weighted by Crippen LogP contribution is 2.01. The smallest absolute Gasteiger partial charge is 0.313 e. The maximum absolute atomic E-state index is 11.0. The first-order valence-corrected chi connectivity index (χ1v) is 5.04. The molecule has 0 saturated carbocycles. The van der Waals surface area contributed by atoms with Gasteiger partial charge in [-0.1, -0.05) is 33.6 Å². The van der Waals surface area contributed by atoms with Crippen molar-refractivity contribution in [3.05, 3.63) is 12.3 Å². The Hall–Kier alpha value is -0.790. The second-order valence-corrected chi connectivity index (χ2v) is 3.46. The Morgan fingerprint density at radius 2 is 2.08 bits per heavy atom. The van der Waals surface area contributed by atoms with Crippen LogP contribution in [-0.2, 0) is 9.53 Å². The van der Waals surface area contributed by atoms with Crippen LogP contribution in [0.3, 0.4) is 0 Å². The molecule has 0 aromatic heterocycles. The van der Waals surface area contributed by atoms with Crippen molar-refractivity contribution in [1.29, 1.82) is 0 Å². The molecule has 0 radical (unpaired) electrons. The van der Waals surface area contributed by atoms with Crippen molar-refractivity contribution in [2.45, 2.75) is 46.5 Å². The summed E-state index contributed by atoms with van der Waals surface area (Å²) in [6.45, 7) is 5.82. The SMILES string of the molecule is CCCCCC=COC(=O)C(C)C. The molecule has 13 heavy (non-hydrogen) atoms. The van der Waals surface area contributed by atoms with Gasteiger partial charge in [0.05, 0.1) is 12.2 Å². The Bertz CT molecular complexity index is 159. The van der Waals surface area contributed by atoms with Crippen molar-refractivity contribution in [2.75, 3.05) is 0 Å². The van der Waals surface area contributed by atoms with E-state index < -0.39 is 0 Å². The lowest BCUT2D eigenvalue weighted by atomic mass is 10.2. The number of carbonyl (C=O) groups excluding carboxylic acids is 1. The molecule has 0 bridgehead atoms. The van der Waals surface area contributed by atoms with E-state index in [9.17, 15) is 4.79 Å². The molecule has 0 saturated heterocycles. The zero-order chi connectivity index (χ0) is 10.1. The third-order valence-corrected chi connectivity index (χ3v) is 1.73. The monoisotopic (exact) mass is 184 g/mol. The van der Waals surface area contributed by atoms with Gasteiger partial charge in [0.1, 0.15) is 0 Å². The fourth-order valence-corrected chi connectivity index (χ4v) is 0.831. The first kappa shape index (κ1) is 12.2. The lowest BCUT2D eigenvalue weighted by molar-refractivity contribution is -0.141. The van der Waals surface area contributed by atoms with E-state index in [0.717, 1.165) is 6.42 Å². The van der Waals surface area contributed by atoms with Crippen molar-refractivity contribution < 1.29 is 9.53 Å². The molecule has 0 aliphatic rings. The largest absolute Gasteiger partial charge is 0.435 e. The van der Waals surface area contributed by atoms with Crippen LogP contribution >= 0.6 is 0 Å². The maximum atomic E-state index is 11.0. The summed E-state index contributed by atoms with van der Waals surface area (Å²) in [5.41, 5.74) is 0. The second kappa shape index (κ2) is 7.84. The molecular weight excluding hydrogens is 164 g/mol. The van der Waals surface area contributed by atoms with Crippen LogP contribution in [0.2, 0.25) is 0 Å². The van der Waals surface area contributed by atoms with Crippen LogP contribution < -0.4 is 0 Å². The number of rotatable bonds is 6. The Balaban J connectivity index is 3.36. The van der Waals surface area contributed by atoms with Gasteiger partial charge in [-0.3, -0.25) is 4.79 Å². The minimum absolute atomic E-state index is 0.0414. The summed E-state index contributed by atoms with van der Waals surface area (Å²) >= 11 is 0. The third kappa shape index (κ3) is 7.57. The molecule has 0 rings (SSSR count). The van der Waals surface area contributed by atoms with Gasteiger partial charge < -0.3 is 4.74 Å². The molecule has 0 atom stereocenters. The quantitative estimate of drug-likeness (QED) is 0.360. The number of esters is 1. The highest BCUT2D eigenvalue weighted by Gasteiger charge is 2.05. The van der Waals surface area contributed by atoms with Crippen LogP contribution in [0.1, 0.15) is 46.5 Å². The van der Waals surface area contributed by atoms with E-state index in [1.807, 2.05) is 19.9 Å². The van der Waals surface area contributed by atoms with Crippen LogP contribution in [-0.4, -0.2) is 5.97 Å². The summed E-state index contributed by atoms with van der Waals surface area (Å²) in [5.74, 6) is -0.202. The van der Waals surface area contributed by atoms with E-state index in [-0.39, 0.29) is 11.9 Å². The number of unbranched alkanes of at least 4 members (excludes halogenated alkanes) is 3. The summed E-state index contributed by atoms with van der Waals surface area (Å²) in [6.07, 6.45) is 8.06. The molecule has 2 nitrogen and oxygen atoms in total. The molecular formula is C11H20O2. The van der Waals surface area contributed by atoms with E-state index >= 15 is 0 Å². The standard InChI is InChI=1S/C11H20O2/c1-4-5-6-7-8-9-13-11(12)10(2)3/h8-10H,4-7H2,1-3H3.